The molecule has 0 fully saturated rings. The van der Waals surface area contributed by atoms with Crippen molar-refractivity contribution in [1.82, 2.24) is 10.2 Å². The van der Waals surface area contributed by atoms with Crippen molar-refractivity contribution in [3.8, 4) is 0 Å². The van der Waals surface area contributed by atoms with E-state index in [9.17, 15) is 0 Å². The fraction of sp³-hybridized carbons (Fsp3) is 0.571. The Hall–Kier alpha value is -0.790. The van der Waals surface area contributed by atoms with Crippen molar-refractivity contribution in [2.75, 3.05) is 0 Å². The second kappa shape index (κ2) is 2.21. The van der Waals surface area contributed by atoms with E-state index in [1.807, 2.05) is 6.92 Å². The van der Waals surface area contributed by atoms with Gasteiger partial charge in [0.2, 0.25) is 0 Å². The van der Waals surface area contributed by atoms with Crippen LogP contribution in [-0.4, -0.2) is 10.2 Å². The lowest BCUT2D eigenvalue weighted by Gasteiger charge is -1.91. The van der Waals surface area contributed by atoms with Gasteiger partial charge in [-0.25, -0.2) is 0 Å². The smallest absolute Gasteiger partial charge is 0.0625 e. The number of H-pyrrole nitrogens is 1. The molecule has 2 nitrogen and oxygen atoms in total. The first kappa shape index (κ1) is 6.33. The topological polar surface area (TPSA) is 28.7 Å². The Morgan fingerprint density at radius 2 is 2.11 bits per heavy atom. The summed E-state index contributed by atoms with van der Waals surface area (Å²) in [5, 5.41) is 7.00. The Labute approximate surface area is 55.3 Å². The lowest BCUT2D eigenvalue weighted by atomic mass is 10.1. The molecule has 1 rings (SSSR count). The van der Waals surface area contributed by atoms with Gasteiger partial charge in [-0.2, -0.15) is 5.10 Å². The summed E-state index contributed by atoms with van der Waals surface area (Å²) in [7, 11) is 0. The highest BCUT2D eigenvalue weighted by Gasteiger charge is 2.00. The van der Waals surface area contributed by atoms with E-state index in [0.717, 1.165) is 12.1 Å². The molecule has 0 aliphatic carbocycles. The normalized spacial score (nSPS) is 10.1. The second-order valence-electron chi connectivity index (χ2n) is 2.27. The van der Waals surface area contributed by atoms with Crippen molar-refractivity contribution in [1.29, 1.82) is 0 Å². The summed E-state index contributed by atoms with van der Waals surface area (Å²) in [4.78, 5) is 0. The molecule has 2 heteroatoms. The van der Waals surface area contributed by atoms with Gasteiger partial charge in [-0.15, -0.1) is 0 Å². The Kier molecular flexibility index (Phi) is 1.56. The van der Waals surface area contributed by atoms with Gasteiger partial charge in [-0.1, -0.05) is 6.92 Å². The minimum absolute atomic E-state index is 1.08. The first-order valence-electron chi connectivity index (χ1n) is 3.26. The molecule has 1 aromatic rings. The number of nitrogens with zero attached hydrogens (tertiary/aromatic N) is 1. The number of aromatic nitrogens is 2. The standard InChI is InChI=1S/C7H12N2/c1-4-7-5(2)8-9-6(7)3/h4H2,1-3H3,(H,8,9). The molecular formula is C7H12N2. The third kappa shape index (κ3) is 0.969. The first-order chi connectivity index (χ1) is 4.25. The minimum Gasteiger partial charge on any atom is -0.282 e. The zero-order valence-electron chi connectivity index (χ0n) is 6.15. The molecule has 0 saturated carbocycles. The Balaban J connectivity index is 3.07. The highest BCUT2D eigenvalue weighted by molar-refractivity contribution is 5.22. The van der Waals surface area contributed by atoms with E-state index in [4.69, 9.17) is 0 Å². The molecule has 0 spiro atoms. The summed E-state index contributed by atoms with van der Waals surface area (Å²) in [6, 6.07) is 0. The summed E-state index contributed by atoms with van der Waals surface area (Å²) in [6.45, 7) is 6.23. The van der Waals surface area contributed by atoms with Gasteiger partial charge < -0.3 is 0 Å². The van der Waals surface area contributed by atoms with Crippen molar-refractivity contribution in [2.45, 2.75) is 27.2 Å². The maximum atomic E-state index is 4.06. The van der Waals surface area contributed by atoms with Crippen molar-refractivity contribution >= 4 is 0 Å². The van der Waals surface area contributed by atoms with E-state index in [2.05, 4.69) is 24.0 Å². The summed E-state index contributed by atoms with van der Waals surface area (Å²) in [6.07, 6.45) is 1.08. The molecule has 0 atom stereocenters. The summed E-state index contributed by atoms with van der Waals surface area (Å²) < 4.78 is 0. The van der Waals surface area contributed by atoms with Gasteiger partial charge >= 0.3 is 0 Å². The van der Waals surface area contributed by atoms with Gasteiger partial charge in [0.1, 0.15) is 0 Å². The molecule has 1 N–H and O–H groups in total. The van der Waals surface area contributed by atoms with Gasteiger partial charge in [0, 0.05) is 5.69 Å². The van der Waals surface area contributed by atoms with Crippen LogP contribution in [0.2, 0.25) is 0 Å². The molecular weight excluding hydrogens is 112 g/mol. The number of hydrogen-bond acceptors (Lipinski definition) is 1. The summed E-state index contributed by atoms with van der Waals surface area (Å²) in [5.74, 6) is 0. The number of nitrogens with one attached hydrogen (secondary N) is 1. The van der Waals surface area contributed by atoms with Crippen LogP contribution in [0, 0.1) is 13.8 Å². The zero-order chi connectivity index (χ0) is 6.85. The predicted molar refractivity (Wildman–Crippen MR) is 37.4 cm³/mol. The quantitative estimate of drug-likeness (QED) is 0.605. The van der Waals surface area contributed by atoms with E-state index in [1.54, 1.807) is 0 Å². The average molecular weight is 124 g/mol. The van der Waals surface area contributed by atoms with E-state index in [0.29, 0.717) is 0 Å². The lowest BCUT2D eigenvalue weighted by Crippen LogP contribution is -1.82. The molecule has 9 heavy (non-hydrogen) atoms. The highest BCUT2D eigenvalue weighted by Crippen LogP contribution is 2.08. The van der Waals surface area contributed by atoms with E-state index < -0.39 is 0 Å². The van der Waals surface area contributed by atoms with Crippen molar-refractivity contribution < 1.29 is 0 Å². The van der Waals surface area contributed by atoms with Crippen LogP contribution < -0.4 is 0 Å². The second-order valence-corrected chi connectivity index (χ2v) is 2.27. The third-order valence-corrected chi connectivity index (χ3v) is 1.63. The molecule has 0 aliphatic heterocycles. The maximum absolute atomic E-state index is 4.06. The number of aryl methyl sites for hydroxylation is 2. The molecule has 50 valence electrons. The molecule has 1 aromatic heterocycles. The van der Waals surface area contributed by atoms with Crippen LogP contribution in [0.1, 0.15) is 23.9 Å². The Bertz CT molecular complexity index is 181. The first-order valence-corrected chi connectivity index (χ1v) is 3.26. The van der Waals surface area contributed by atoms with Gasteiger partial charge in [-0.05, 0) is 25.8 Å². The molecule has 0 bridgehead atoms. The Morgan fingerprint density at radius 1 is 1.44 bits per heavy atom. The zero-order valence-corrected chi connectivity index (χ0v) is 6.15. The van der Waals surface area contributed by atoms with Crippen LogP contribution >= 0.6 is 0 Å². The SMILES string of the molecule is CCc1c(C)n[nH]c1C. The van der Waals surface area contributed by atoms with Crippen LogP contribution in [0.4, 0.5) is 0 Å². The van der Waals surface area contributed by atoms with Crippen molar-refractivity contribution in [3.63, 3.8) is 0 Å². The number of hydrogen-bond donors (Lipinski definition) is 1. The summed E-state index contributed by atoms with van der Waals surface area (Å²) >= 11 is 0. The van der Waals surface area contributed by atoms with Crippen LogP contribution in [0.3, 0.4) is 0 Å². The third-order valence-electron chi connectivity index (χ3n) is 1.63. The van der Waals surface area contributed by atoms with Gasteiger partial charge in [-0.3, -0.25) is 5.10 Å². The molecule has 0 aromatic carbocycles. The van der Waals surface area contributed by atoms with Gasteiger partial charge in [0.05, 0.1) is 5.69 Å². The van der Waals surface area contributed by atoms with E-state index >= 15 is 0 Å². The molecule has 0 radical (unpaired) electrons. The fourth-order valence-corrected chi connectivity index (χ4v) is 1.10. The average Bonchev–Trinajstić information content (AvgIpc) is 2.12. The van der Waals surface area contributed by atoms with Crippen molar-refractivity contribution in [2.24, 2.45) is 0 Å². The Morgan fingerprint density at radius 3 is 2.33 bits per heavy atom. The molecule has 0 amide bonds. The maximum Gasteiger partial charge on any atom is 0.0625 e. The predicted octanol–water partition coefficient (Wildman–Crippen LogP) is 1.59. The lowest BCUT2D eigenvalue weighted by molar-refractivity contribution is 1.02. The summed E-state index contributed by atoms with van der Waals surface area (Å²) in [5.41, 5.74) is 3.69. The van der Waals surface area contributed by atoms with E-state index in [-0.39, 0.29) is 0 Å². The van der Waals surface area contributed by atoms with Gasteiger partial charge in [0.25, 0.3) is 0 Å². The largest absolute Gasteiger partial charge is 0.282 e. The number of rotatable bonds is 1. The van der Waals surface area contributed by atoms with Crippen molar-refractivity contribution in [3.05, 3.63) is 17.0 Å². The van der Waals surface area contributed by atoms with Crippen LogP contribution in [0.15, 0.2) is 0 Å². The molecule has 0 unspecified atom stereocenters. The minimum atomic E-state index is 1.08. The van der Waals surface area contributed by atoms with Gasteiger partial charge in [0.15, 0.2) is 0 Å². The van der Waals surface area contributed by atoms with Crippen LogP contribution in [-0.2, 0) is 6.42 Å². The number of aromatic amines is 1. The highest BCUT2D eigenvalue weighted by atomic mass is 15.1. The van der Waals surface area contributed by atoms with Crippen LogP contribution in [0.5, 0.6) is 0 Å². The molecule has 0 saturated heterocycles. The monoisotopic (exact) mass is 124 g/mol. The molecule has 0 aliphatic rings. The van der Waals surface area contributed by atoms with E-state index in [1.165, 1.54) is 11.3 Å². The van der Waals surface area contributed by atoms with Crippen LogP contribution in [0.25, 0.3) is 0 Å². The fourth-order valence-electron chi connectivity index (χ4n) is 1.10. The molecule has 1 heterocycles.